The zero-order valence-electron chi connectivity index (χ0n) is 43.9. The quantitative estimate of drug-likeness (QED) is 0.0344. The third kappa shape index (κ3) is 51.4. The standard InChI is InChI=1S/C58H112O6/c1-6-7-8-9-10-26-33-38-43-48-56(59)62-51-55(64-58(61)50-45-40-35-30-25-21-17-19-23-28-32-37-42-47-54(4)5)52-63-57(60)49-44-39-34-29-24-20-16-14-12-11-13-15-18-22-27-31-36-41-46-53(2)3/h53-55H,6-52H2,1-5H3/t55-/m1/s1. The van der Waals surface area contributed by atoms with Crippen molar-refractivity contribution in [2.24, 2.45) is 11.8 Å². The summed E-state index contributed by atoms with van der Waals surface area (Å²) in [5.74, 6) is 0.854. The number of carbonyl (C=O) groups excluding carboxylic acids is 3. The molecule has 0 aliphatic heterocycles. The van der Waals surface area contributed by atoms with Crippen LogP contribution in [-0.4, -0.2) is 37.2 Å². The predicted octanol–water partition coefficient (Wildman–Crippen LogP) is 18.9. The number of hydrogen-bond acceptors (Lipinski definition) is 6. The lowest BCUT2D eigenvalue weighted by Crippen LogP contribution is -2.30. The minimum absolute atomic E-state index is 0.0628. The molecule has 380 valence electrons. The number of rotatable bonds is 52. The van der Waals surface area contributed by atoms with E-state index in [2.05, 4.69) is 34.6 Å². The zero-order valence-corrected chi connectivity index (χ0v) is 43.9. The van der Waals surface area contributed by atoms with Crippen molar-refractivity contribution in [3.05, 3.63) is 0 Å². The first-order chi connectivity index (χ1) is 31.2. The lowest BCUT2D eigenvalue weighted by Gasteiger charge is -2.18. The van der Waals surface area contributed by atoms with Crippen LogP contribution in [0, 0.1) is 11.8 Å². The minimum atomic E-state index is -0.761. The van der Waals surface area contributed by atoms with Crippen LogP contribution in [0.25, 0.3) is 0 Å². The maximum Gasteiger partial charge on any atom is 0.306 e. The molecule has 0 rings (SSSR count). The highest BCUT2D eigenvalue weighted by Crippen LogP contribution is 2.18. The molecular formula is C58H112O6. The Kier molecular flexibility index (Phi) is 49.6. The van der Waals surface area contributed by atoms with Gasteiger partial charge in [0.2, 0.25) is 0 Å². The molecule has 0 aliphatic carbocycles. The van der Waals surface area contributed by atoms with Crippen molar-refractivity contribution in [2.75, 3.05) is 13.2 Å². The molecule has 0 N–H and O–H groups in total. The first kappa shape index (κ1) is 62.4. The second kappa shape index (κ2) is 50.8. The summed E-state index contributed by atoms with van der Waals surface area (Å²) in [4.78, 5) is 38.0. The van der Waals surface area contributed by atoms with Crippen molar-refractivity contribution in [1.29, 1.82) is 0 Å². The molecule has 0 fully saturated rings. The van der Waals surface area contributed by atoms with Crippen LogP contribution in [0.5, 0.6) is 0 Å². The van der Waals surface area contributed by atoms with Crippen molar-refractivity contribution in [3.63, 3.8) is 0 Å². The molecule has 0 saturated heterocycles. The Hall–Kier alpha value is -1.59. The smallest absolute Gasteiger partial charge is 0.306 e. The molecule has 6 nitrogen and oxygen atoms in total. The average Bonchev–Trinajstić information content (AvgIpc) is 3.27. The van der Waals surface area contributed by atoms with E-state index in [0.29, 0.717) is 19.3 Å². The molecule has 64 heavy (non-hydrogen) atoms. The van der Waals surface area contributed by atoms with Gasteiger partial charge >= 0.3 is 17.9 Å². The van der Waals surface area contributed by atoms with Crippen molar-refractivity contribution in [3.8, 4) is 0 Å². The van der Waals surface area contributed by atoms with Gasteiger partial charge in [-0.25, -0.2) is 0 Å². The molecule has 0 unspecified atom stereocenters. The molecule has 1 atom stereocenters. The molecule has 0 aromatic heterocycles. The third-order valence-electron chi connectivity index (χ3n) is 13.2. The van der Waals surface area contributed by atoms with E-state index in [-0.39, 0.29) is 31.1 Å². The first-order valence-corrected chi connectivity index (χ1v) is 28.7. The maximum atomic E-state index is 12.8. The SMILES string of the molecule is CCCCCCCCCCCC(=O)OC[C@H](COC(=O)CCCCCCCCCCCCCCCCCCCCC(C)C)OC(=O)CCCCCCCCCCCCCCCC(C)C. The fraction of sp³-hybridized carbons (Fsp3) is 0.948. The Morgan fingerprint density at radius 1 is 0.297 bits per heavy atom. The van der Waals surface area contributed by atoms with Crippen LogP contribution in [0.2, 0.25) is 0 Å². The van der Waals surface area contributed by atoms with Gasteiger partial charge in [-0.05, 0) is 31.1 Å². The summed E-state index contributed by atoms with van der Waals surface area (Å²) < 4.78 is 16.8. The summed E-state index contributed by atoms with van der Waals surface area (Å²) in [7, 11) is 0. The van der Waals surface area contributed by atoms with Gasteiger partial charge in [-0.3, -0.25) is 14.4 Å². The Bertz CT molecular complexity index is 978. The fourth-order valence-electron chi connectivity index (χ4n) is 8.87. The molecule has 6 heteroatoms. The second-order valence-electron chi connectivity index (χ2n) is 20.9. The van der Waals surface area contributed by atoms with Crippen LogP contribution in [0.4, 0.5) is 0 Å². The van der Waals surface area contributed by atoms with Crippen molar-refractivity contribution in [2.45, 2.75) is 330 Å². The Balaban J connectivity index is 4.18. The van der Waals surface area contributed by atoms with Gasteiger partial charge in [-0.1, -0.05) is 285 Å². The summed E-state index contributed by atoms with van der Waals surface area (Å²) in [6.45, 7) is 11.4. The molecule has 0 aromatic carbocycles. The van der Waals surface area contributed by atoms with Gasteiger partial charge in [0.15, 0.2) is 6.10 Å². The number of carbonyl (C=O) groups is 3. The lowest BCUT2D eigenvalue weighted by molar-refractivity contribution is -0.167. The molecule has 0 amide bonds. The van der Waals surface area contributed by atoms with Gasteiger partial charge in [0, 0.05) is 19.3 Å². The fourth-order valence-corrected chi connectivity index (χ4v) is 8.87. The number of hydrogen-bond donors (Lipinski definition) is 0. The van der Waals surface area contributed by atoms with Crippen molar-refractivity contribution < 1.29 is 28.6 Å². The van der Waals surface area contributed by atoms with E-state index < -0.39 is 6.10 Å². The molecule has 0 radical (unpaired) electrons. The Labute approximate surface area is 399 Å². The topological polar surface area (TPSA) is 78.9 Å². The van der Waals surface area contributed by atoms with E-state index in [1.165, 1.54) is 212 Å². The normalized spacial score (nSPS) is 12.0. The summed E-state index contributed by atoms with van der Waals surface area (Å²) in [5.41, 5.74) is 0. The monoisotopic (exact) mass is 905 g/mol. The van der Waals surface area contributed by atoms with Crippen LogP contribution in [0.1, 0.15) is 324 Å². The lowest BCUT2D eigenvalue weighted by atomic mass is 10.0. The van der Waals surface area contributed by atoms with Crippen LogP contribution in [0.15, 0.2) is 0 Å². The van der Waals surface area contributed by atoms with Crippen molar-refractivity contribution in [1.82, 2.24) is 0 Å². The van der Waals surface area contributed by atoms with Crippen LogP contribution >= 0.6 is 0 Å². The Morgan fingerprint density at radius 3 is 0.766 bits per heavy atom. The summed E-state index contributed by atoms with van der Waals surface area (Å²) in [6.07, 6.45) is 53.9. The van der Waals surface area contributed by atoms with E-state index in [1.54, 1.807) is 0 Å². The molecule has 0 bridgehead atoms. The molecule has 0 saturated carbocycles. The number of unbranched alkanes of at least 4 members (excludes halogenated alkanes) is 37. The van der Waals surface area contributed by atoms with Gasteiger partial charge in [0.25, 0.3) is 0 Å². The largest absolute Gasteiger partial charge is 0.462 e. The highest BCUT2D eigenvalue weighted by Gasteiger charge is 2.19. The first-order valence-electron chi connectivity index (χ1n) is 28.7. The highest BCUT2D eigenvalue weighted by molar-refractivity contribution is 5.71. The van der Waals surface area contributed by atoms with Crippen LogP contribution in [-0.2, 0) is 28.6 Å². The average molecular weight is 906 g/mol. The molecule has 0 spiro atoms. The van der Waals surface area contributed by atoms with Gasteiger partial charge in [0.05, 0.1) is 0 Å². The summed E-state index contributed by atoms with van der Waals surface area (Å²) >= 11 is 0. The summed E-state index contributed by atoms with van der Waals surface area (Å²) in [6, 6.07) is 0. The van der Waals surface area contributed by atoms with Crippen molar-refractivity contribution >= 4 is 17.9 Å². The highest BCUT2D eigenvalue weighted by atomic mass is 16.6. The van der Waals surface area contributed by atoms with E-state index in [0.717, 1.165) is 69.6 Å². The third-order valence-corrected chi connectivity index (χ3v) is 13.2. The molecule has 0 aromatic rings. The van der Waals surface area contributed by atoms with Crippen LogP contribution < -0.4 is 0 Å². The molecule has 0 heterocycles. The van der Waals surface area contributed by atoms with Gasteiger partial charge in [-0.15, -0.1) is 0 Å². The van der Waals surface area contributed by atoms with Crippen LogP contribution in [0.3, 0.4) is 0 Å². The van der Waals surface area contributed by atoms with E-state index >= 15 is 0 Å². The second-order valence-corrected chi connectivity index (χ2v) is 20.9. The van der Waals surface area contributed by atoms with Gasteiger partial charge < -0.3 is 14.2 Å². The minimum Gasteiger partial charge on any atom is -0.462 e. The number of esters is 3. The van der Waals surface area contributed by atoms with E-state index in [4.69, 9.17) is 14.2 Å². The zero-order chi connectivity index (χ0) is 46.8. The van der Waals surface area contributed by atoms with E-state index in [1.807, 2.05) is 0 Å². The van der Waals surface area contributed by atoms with Gasteiger partial charge in [0.1, 0.15) is 13.2 Å². The Morgan fingerprint density at radius 2 is 0.516 bits per heavy atom. The van der Waals surface area contributed by atoms with E-state index in [9.17, 15) is 14.4 Å². The summed E-state index contributed by atoms with van der Waals surface area (Å²) in [5, 5.41) is 0. The molecular weight excluding hydrogens is 793 g/mol. The maximum absolute atomic E-state index is 12.8. The molecule has 0 aliphatic rings. The van der Waals surface area contributed by atoms with Gasteiger partial charge in [-0.2, -0.15) is 0 Å². The number of ether oxygens (including phenoxy) is 3. The predicted molar refractivity (Wildman–Crippen MR) is 275 cm³/mol.